The minimum absolute atomic E-state index is 0.0693. The highest BCUT2D eigenvalue weighted by atomic mass is 19.1. The Hall–Kier alpha value is -3.52. The van der Waals surface area contributed by atoms with Crippen molar-refractivity contribution in [2.45, 2.75) is 37.8 Å². The summed E-state index contributed by atoms with van der Waals surface area (Å²) in [5.41, 5.74) is 3.13. The quantitative estimate of drug-likeness (QED) is 0.469. The van der Waals surface area contributed by atoms with Gasteiger partial charge in [0.2, 0.25) is 0 Å². The Balaban J connectivity index is 1.25. The number of hydrogen-bond donors (Lipinski definition) is 3. The molecule has 3 amide bonds. The summed E-state index contributed by atoms with van der Waals surface area (Å²) in [4.78, 5) is 27.4. The first-order valence-corrected chi connectivity index (χ1v) is 11.7. The van der Waals surface area contributed by atoms with Gasteiger partial charge in [-0.25, -0.2) is 9.18 Å². The van der Waals surface area contributed by atoms with Crippen LogP contribution in [0.1, 0.15) is 30.4 Å². The zero-order chi connectivity index (χ0) is 23.5. The van der Waals surface area contributed by atoms with Gasteiger partial charge in [-0.2, -0.15) is 5.10 Å². The molecular formula is C26H28FN5O2. The fourth-order valence-electron chi connectivity index (χ4n) is 5.28. The molecule has 0 saturated carbocycles. The second kappa shape index (κ2) is 9.38. The van der Waals surface area contributed by atoms with Gasteiger partial charge in [-0.15, -0.1) is 0 Å². The van der Waals surface area contributed by atoms with Crippen molar-refractivity contribution in [2.24, 2.45) is 5.92 Å². The number of aromatic nitrogens is 2. The summed E-state index contributed by atoms with van der Waals surface area (Å²) in [6, 6.07) is 16.0. The molecule has 0 aliphatic carbocycles. The molecule has 5 rings (SSSR count). The molecule has 2 saturated heterocycles. The average Bonchev–Trinajstić information content (AvgIpc) is 3.43. The Morgan fingerprint density at radius 3 is 2.44 bits per heavy atom. The molecule has 8 heteroatoms. The van der Waals surface area contributed by atoms with E-state index in [1.54, 1.807) is 12.1 Å². The molecule has 2 aromatic carbocycles. The van der Waals surface area contributed by atoms with Crippen LogP contribution in [-0.4, -0.2) is 45.7 Å². The summed E-state index contributed by atoms with van der Waals surface area (Å²) in [6.07, 6.45) is 4.75. The van der Waals surface area contributed by atoms with Gasteiger partial charge < -0.3 is 5.32 Å². The third-order valence-corrected chi connectivity index (χ3v) is 7.15. The summed E-state index contributed by atoms with van der Waals surface area (Å²) in [6.45, 7) is 2.34. The molecule has 2 aliphatic heterocycles. The number of carbonyl (C=O) groups is 2. The molecule has 3 heterocycles. The molecule has 0 spiro atoms. The molecule has 0 bridgehead atoms. The third-order valence-electron chi connectivity index (χ3n) is 7.15. The number of nitrogens with one attached hydrogen (secondary N) is 3. The van der Waals surface area contributed by atoms with Crippen LogP contribution in [0.3, 0.4) is 0 Å². The van der Waals surface area contributed by atoms with Gasteiger partial charge in [-0.3, -0.25) is 20.1 Å². The van der Waals surface area contributed by atoms with Crippen LogP contribution in [-0.2, 0) is 17.8 Å². The second-order valence-electron chi connectivity index (χ2n) is 9.19. The van der Waals surface area contributed by atoms with Gasteiger partial charge in [-0.05, 0) is 74.5 Å². The number of amides is 3. The van der Waals surface area contributed by atoms with Crippen molar-refractivity contribution in [3.63, 3.8) is 0 Å². The Morgan fingerprint density at radius 2 is 1.76 bits per heavy atom. The molecule has 2 aliphatic rings. The number of H-pyrrole nitrogens is 1. The van der Waals surface area contributed by atoms with Gasteiger partial charge in [0, 0.05) is 17.7 Å². The molecule has 2 fully saturated rings. The van der Waals surface area contributed by atoms with Crippen LogP contribution >= 0.6 is 0 Å². The molecule has 3 aromatic rings. The van der Waals surface area contributed by atoms with E-state index in [0.29, 0.717) is 13.0 Å². The number of benzene rings is 2. The molecule has 3 N–H and O–H groups in total. The van der Waals surface area contributed by atoms with Crippen molar-refractivity contribution in [1.82, 2.24) is 25.7 Å². The van der Waals surface area contributed by atoms with Crippen molar-refractivity contribution < 1.29 is 14.0 Å². The van der Waals surface area contributed by atoms with Gasteiger partial charge in [0.15, 0.2) is 0 Å². The number of hydrogen-bond acceptors (Lipinski definition) is 4. The van der Waals surface area contributed by atoms with E-state index in [0.717, 1.165) is 54.7 Å². The monoisotopic (exact) mass is 461 g/mol. The van der Waals surface area contributed by atoms with E-state index in [1.165, 1.54) is 12.1 Å². The highest BCUT2D eigenvalue weighted by Gasteiger charge is 2.51. The normalized spacial score (nSPS) is 21.4. The van der Waals surface area contributed by atoms with Crippen LogP contribution in [0.25, 0.3) is 11.3 Å². The zero-order valence-electron chi connectivity index (χ0n) is 18.9. The van der Waals surface area contributed by atoms with E-state index >= 15 is 0 Å². The maximum atomic E-state index is 13.3. The van der Waals surface area contributed by atoms with Crippen molar-refractivity contribution in [1.29, 1.82) is 0 Å². The summed E-state index contributed by atoms with van der Waals surface area (Å²) in [5.74, 6) is -0.406. The smallest absolute Gasteiger partial charge is 0.322 e. The number of aryl methyl sites for hydroxylation is 1. The highest BCUT2D eigenvalue weighted by molar-refractivity contribution is 6.07. The molecule has 34 heavy (non-hydrogen) atoms. The van der Waals surface area contributed by atoms with Crippen molar-refractivity contribution >= 4 is 11.9 Å². The summed E-state index contributed by atoms with van der Waals surface area (Å²) >= 11 is 0. The van der Waals surface area contributed by atoms with Crippen LogP contribution in [0, 0.1) is 11.7 Å². The first-order valence-electron chi connectivity index (χ1n) is 11.7. The third kappa shape index (κ3) is 4.46. The van der Waals surface area contributed by atoms with Crippen LogP contribution in [0.2, 0.25) is 0 Å². The van der Waals surface area contributed by atoms with E-state index in [-0.39, 0.29) is 17.6 Å². The molecule has 1 atom stereocenters. The number of rotatable bonds is 7. The number of aromatic amines is 1. The lowest BCUT2D eigenvalue weighted by Crippen LogP contribution is -2.56. The number of likely N-dealkylation sites (tertiary alicyclic amines) is 1. The van der Waals surface area contributed by atoms with E-state index in [1.807, 2.05) is 24.4 Å². The predicted molar refractivity (Wildman–Crippen MR) is 126 cm³/mol. The first-order chi connectivity index (χ1) is 16.5. The van der Waals surface area contributed by atoms with E-state index in [2.05, 4.69) is 37.9 Å². The van der Waals surface area contributed by atoms with Gasteiger partial charge >= 0.3 is 6.03 Å². The molecule has 1 aromatic heterocycles. The number of piperidine rings is 1. The van der Waals surface area contributed by atoms with Crippen molar-refractivity contribution in [2.75, 3.05) is 13.1 Å². The molecular weight excluding hydrogens is 433 g/mol. The van der Waals surface area contributed by atoms with Crippen LogP contribution in [0.4, 0.5) is 9.18 Å². The van der Waals surface area contributed by atoms with Gasteiger partial charge in [-0.1, -0.05) is 30.3 Å². The van der Waals surface area contributed by atoms with Crippen LogP contribution in [0.5, 0.6) is 0 Å². The average molecular weight is 462 g/mol. The van der Waals surface area contributed by atoms with E-state index in [4.69, 9.17) is 0 Å². The maximum Gasteiger partial charge on any atom is 0.322 e. The zero-order valence-corrected chi connectivity index (χ0v) is 18.9. The number of imide groups is 1. The van der Waals surface area contributed by atoms with E-state index in [9.17, 15) is 14.0 Å². The SMILES string of the molecule is O=C1NC(=O)C(CCc2ccccc2)(C2CCN(Cc3cn[nH]c3-c3ccc(F)cc3)CC2)N1. The van der Waals surface area contributed by atoms with Crippen molar-refractivity contribution in [3.05, 3.63) is 77.7 Å². The minimum atomic E-state index is -0.867. The molecule has 0 radical (unpaired) electrons. The Bertz CT molecular complexity index is 1160. The fraction of sp³-hybridized carbons (Fsp3) is 0.346. The standard InChI is InChI=1S/C26H28FN5O2/c27-22-8-6-19(7-9-22)23-20(16-28-31-23)17-32-14-11-21(12-15-32)26(24(33)29-25(34)30-26)13-10-18-4-2-1-3-5-18/h1-9,16,21H,10-15,17H2,(H,28,31)(H2,29,30,33,34). The fourth-order valence-corrected chi connectivity index (χ4v) is 5.28. The number of nitrogens with zero attached hydrogens (tertiary/aromatic N) is 2. The van der Waals surface area contributed by atoms with Crippen LogP contribution in [0.15, 0.2) is 60.8 Å². The Kier molecular flexibility index (Phi) is 6.15. The van der Waals surface area contributed by atoms with E-state index < -0.39 is 11.6 Å². The number of carbonyl (C=O) groups excluding carboxylic acids is 2. The lowest BCUT2D eigenvalue weighted by molar-refractivity contribution is -0.127. The lowest BCUT2D eigenvalue weighted by Gasteiger charge is -2.40. The summed E-state index contributed by atoms with van der Waals surface area (Å²) < 4.78 is 13.3. The van der Waals surface area contributed by atoms with Crippen LogP contribution < -0.4 is 10.6 Å². The summed E-state index contributed by atoms with van der Waals surface area (Å²) in [5, 5.41) is 12.7. The first kappa shape index (κ1) is 22.3. The lowest BCUT2D eigenvalue weighted by atomic mass is 9.74. The largest absolute Gasteiger partial charge is 0.323 e. The van der Waals surface area contributed by atoms with Gasteiger partial charge in [0.1, 0.15) is 11.4 Å². The number of urea groups is 1. The molecule has 1 unspecified atom stereocenters. The predicted octanol–water partition coefficient (Wildman–Crippen LogP) is 3.64. The topological polar surface area (TPSA) is 90.1 Å². The Morgan fingerprint density at radius 1 is 1.03 bits per heavy atom. The maximum absolute atomic E-state index is 13.3. The minimum Gasteiger partial charge on any atom is -0.323 e. The highest BCUT2D eigenvalue weighted by Crippen LogP contribution is 2.35. The second-order valence-corrected chi connectivity index (χ2v) is 9.19. The van der Waals surface area contributed by atoms with Crippen molar-refractivity contribution in [3.8, 4) is 11.3 Å². The number of halogens is 1. The van der Waals surface area contributed by atoms with Gasteiger partial charge in [0.05, 0.1) is 11.9 Å². The van der Waals surface area contributed by atoms with Gasteiger partial charge in [0.25, 0.3) is 5.91 Å². The Labute approximate surface area is 197 Å². The molecule has 7 nitrogen and oxygen atoms in total. The summed E-state index contributed by atoms with van der Waals surface area (Å²) in [7, 11) is 0. The molecule has 176 valence electrons.